The maximum atomic E-state index is 12.8. The SMILES string of the molecule is CC\C=C/C=C\C=C/C=C\CCCCCC(=O)OCC(COC(=O)CCCCC/C=C\C/C=C\C/C=C\C/C=C\CC)OC(=O)CCCCC/C=C\C=C/CCCCCCCCC. The molecule has 0 aliphatic heterocycles. The minimum Gasteiger partial charge on any atom is -0.462 e. The number of unbranched alkanes of at least 4 members (excludes halogenated alkanes) is 16. The Balaban J connectivity index is 4.57. The molecule has 6 heteroatoms. The van der Waals surface area contributed by atoms with E-state index in [4.69, 9.17) is 14.2 Å². The Hall–Kier alpha value is -4.19. The molecule has 0 N–H and O–H groups in total. The Morgan fingerprint density at radius 2 is 0.698 bits per heavy atom. The largest absolute Gasteiger partial charge is 0.462 e. The van der Waals surface area contributed by atoms with Gasteiger partial charge in [0.15, 0.2) is 6.10 Å². The van der Waals surface area contributed by atoms with Crippen LogP contribution in [-0.2, 0) is 28.6 Å². The van der Waals surface area contributed by atoms with Crippen molar-refractivity contribution in [1.82, 2.24) is 0 Å². The van der Waals surface area contributed by atoms with Crippen molar-refractivity contribution in [3.63, 3.8) is 0 Å². The summed E-state index contributed by atoms with van der Waals surface area (Å²) in [7, 11) is 0. The molecule has 0 aromatic rings. The summed E-state index contributed by atoms with van der Waals surface area (Å²) in [5.41, 5.74) is 0. The molecule has 0 saturated carbocycles. The van der Waals surface area contributed by atoms with Gasteiger partial charge in [0.2, 0.25) is 0 Å². The van der Waals surface area contributed by atoms with Crippen molar-refractivity contribution in [2.24, 2.45) is 0 Å². The van der Waals surface area contributed by atoms with Gasteiger partial charge in [0.25, 0.3) is 0 Å². The van der Waals surface area contributed by atoms with E-state index < -0.39 is 6.10 Å². The summed E-state index contributed by atoms with van der Waals surface area (Å²) in [5, 5.41) is 0. The van der Waals surface area contributed by atoms with Crippen molar-refractivity contribution in [2.75, 3.05) is 13.2 Å². The monoisotopic (exact) mass is 871 g/mol. The van der Waals surface area contributed by atoms with Crippen LogP contribution in [0.15, 0.2) is 122 Å². The van der Waals surface area contributed by atoms with Gasteiger partial charge >= 0.3 is 17.9 Å². The van der Waals surface area contributed by atoms with Crippen LogP contribution in [0.3, 0.4) is 0 Å². The van der Waals surface area contributed by atoms with E-state index in [9.17, 15) is 14.4 Å². The summed E-state index contributed by atoms with van der Waals surface area (Å²) in [6.07, 6.45) is 69.0. The van der Waals surface area contributed by atoms with Crippen LogP contribution in [-0.4, -0.2) is 37.2 Å². The highest BCUT2D eigenvalue weighted by Crippen LogP contribution is 2.12. The molecule has 0 amide bonds. The van der Waals surface area contributed by atoms with Crippen molar-refractivity contribution < 1.29 is 28.6 Å². The van der Waals surface area contributed by atoms with Crippen LogP contribution in [0.25, 0.3) is 0 Å². The van der Waals surface area contributed by atoms with Gasteiger partial charge < -0.3 is 14.2 Å². The van der Waals surface area contributed by atoms with E-state index in [0.717, 1.165) is 109 Å². The van der Waals surface area contributed by atoms with Crippen LogP contribution in [0, 0.1) is 0 Å². The summed E-state index contributed by atoms with van der Waals surface area (Å²) >= 11 is 0. The molecule has 0 aliphatic carbocycles. The first kappa shape index (κ1) is 58.8. The number of hydrogen-bond donors (Lipinski definition) is 0. The lowest BCUT2D eigenvalue weighted by Gasteiger charge is -2.18. The van der Waals surface area contributed by atoms with Gasteiger partial charge in [0, 0.05) is 19.3 Å². The van der Waals surface area contributed by atoms with E-state index in [1.54, 1.807) is 0 Å². The first-order valence-electron chi connectivity index (χ1n) is 25.1. The van der Waals surface area contributed by atoms with Gasteiger partial charge in [-0.2, -0.15) is 0 Å². The molecule has 0 rings (SSSR count). The van der Waals surface area contributed by atoms with Crippen LogP contribution in [0.1, 0.15) is 201 Å². The fourth-order valence-electron chi connectivity index (χ4n) is 6.31. The van der Waals surface area contributed by atoms with Gasteiger partial charge in [-0.15, -0.1) is 0 Å². The molecule has 0 heterocycles. The Labute approximate surface area is 386 Å². The lowest BCUT2D eigenvalue weighted by Crippen LogP contribution is -2.30. The molecule has 1 atom stereocenters. The fourth-order valence-corrected chi connectivity index (χ4v) is 6.31. The molecule has 0 radical (unpaired) electrons. The summed E-state index contributed by atoms with van der Waals surface area (Å²) in [6.45, 7) is 6.27. The van der Waals surface area contributed by atoms with E-state index in [-0.39, 0.29) is 37.5 Å². The van der Waals surface area contributed by atoms with Gasteiger partial charge in [-0.3, -0.25) is 14.4 Å². The second-order valence-corrected chi connectivity index (χ2v) is 16.1. The highest BCUT2D eigenvalue weighted by atomic mass is 16.6. The van der Waals surface area contributed by atoms with E-state index in [0.29, 0.717) is 19.3 Å². The molecule has 0 aromatic heterocycles. The average Bonchev–Trinajstić information content (AvgIpc) is 3.28. The normalized spacial score (nSPS) is 13.1. The van der Waals surface area contributed by atoms with Crippen molar-refractivity contribution >= 4 is 17.9 Å². The number of carbonyl (C=O) groups excluding carboxylic acids is 3. The van der Waals surface area contributed by atoms with Crippen LogP contribution in [0.2, 0.25) is 0 Å². The maximum absolute atomic E-state index is 12.8. The van der Waals surface area contributed by atoms with Crippen LogP contribution < -0.4 is 0 Å². The Kier molecular flexibility index (Phi) is 47.1. The predicted molar refractivity (Wildman–Crippen MR) is 269 cm³/mol. The fraction of sp³-hybridized carbons (Fsp3) is 0.596. The van der Waals surface area contributed by atoms with Gasteiger partial charge in [0.1, 0.15) is 13.2 Å². The number of hydrogen-bond acceptors (Lipinski definition) is 6. The molecule has 63 heavy (non-hydrogen) atoms. The smallest absolute Gasteiger partial charge is 0.306 e. The Morgan fingerprint density at radius 1 is 0.349 bits per heavy atom. The zero-order chi connectivity index (χ0) is 45.8. The summed E-state index contributed by atoms with van der Waals surface area (Å²) in [6, 6.07) is 0. The number of rotatable bonds is 43. The molecule has 0 spiro atoms. The number of ether oxygens (including phenoxy) is 3. The average molecular weight is 871 g/mol. The quantitative estimate of drug-likeness (QED) is 0.0200. The highest BCUT2D eigenvalue weighted by Gasteiger charge is 2.19. The number of carbonyl (C=O) groups is 3. The molecule has 0 saturated heterocycles. The van der Waals surface area contributed by atoms with Gasteiger partial charge in [-0.05, 0) is 103 Å². The minimum absolute atomic E-state index is 0.122. The second kappa shape index (κ2) is 50.5. The third kappa shape index (κ3) is 48.7. The summed E-state index contributed by atoms with van der Waals surface area (Å²) < 4.78 is 16.7. The van der Waals surface area contributed by atoms with Gasteiger partial charge in [-0.25, -0.2) is 0 Å². The van der Waals surface area contributed by atoms with Gasteiger partial charge in [0.05, 0.1) is 0 Å². The van der Waals surface area contributed by atoms with Crippen LogP contribution in [0.4, 0.5) is 0 Å². The maximum Gasteiger partial charge on any atom is 0.306 e. The van der Waals surface area contributed by atoms with E-state index in [2.05, 4.69) is 106 Å². The molecular formula is C57H90O6. The molecule has 0 aliphatic rings. The van der Waals surface area contributed by atoms with Crippen LogP contribution in [0.5, 0.6) is 0 Å². The summed E-state index contributed by atoms with van der Waals surface area (Å²) in [5.74, 6) is -1.03. The van der Waals surface area contributed by atoms with E-state index in [1.165, 1.54) is 44.9 Å². The Morgan fingerprint density at radius 3 is 1.17 bits per heavy atom. The molecule has 354 valence electrons. The topological polar surface area (TPSA) is 78.9 Å². The Bertz CT molecular complexity index is 1370. The van der Waals surface area contributed by atoms with Gasteiger partial charge in [-0.1, -0.05) is 200 Å². The molecule has 1 unspecified atom stereocenters. The molecule has 0 fully saturated rings. The molecular weight excluding hydrogens is 781 g/mol. The third-order valence-electron chi connectivity index (χ3n) is 10.1. The van der Waals surface area contributed by atoms with Crippen molar-refractivity contribution in [3.05, 3.63) is 122 Å². The highest BCUT2D eigenvalue weighted by molar-refractivity contribution is 5.71. The number of allylic oxidation sites excluding steroid dienone is 20. The lowest BCUT2D eigenvalue weighted by atomic mass is 10.1. The molecule has 0 bridgehead atoms. The summed E-state index contributed by atoms with van der Waals surface area (Å²) in [4.78, 5) is 37.9. The standard InChI is InChI=1S/C57H90O6/c1-4-7-10-13-16-19-22-25-27-29-32-35-38-41-44-47-50-56(59)62-53-54(52-61-55(58)49-46-43-40-37-34-31-24-21-18-15-12-9-6-3)63-57(60)51-48-45-42-39-36-33-30-28-26-23-20-17-14-11-8-5-2/h7,9-10,12,15-16,18-19,21,24-25,27-28,30-36,54H,4-6,8,11,13-14,17,20,22-23,26,29,37-53H2,1-3H3/b10-7-,12-9-,18-15-,19-16-,24-21-,27-25-,30-28-,34-31-,35-32-,36-33-. The lowest BCUT2D eigenvalue weighted by molar-refractivity contribution is -0.167. The zero-order valence-corrected chi connectivity index (χ0v) is 40.3. The first-order chi connectivity index (χ1) is 31.0. The van der Waals surface area contributed by atoms with E-state index >= 15 is 0 Å². The minimum atomic E-state index is -0.824. The van der Waals surface area contributed by atoms with E-state index in [1.807, 2.05) is 36.5 Å². The van der Waals surface area contributed by atoms with Crippen molar-refractivity contribution in [1.29, 1.82) is 0 Å². The zero-order valence-electron chi connectivity index (χ0n) is 40.3. The van der Waals surface area contributed by atoms with Crippen molar-refractivity contribution in [3.8, 4) is 0 Å². The molecule has 0 aromatic carbocycles. The van der Waals surface area contributed by atoms with Crippen LogP contribution >= 0.6 is 0 Å². The first-order valence-corrected chi connectivity index (χ1v) is 25.1. The third-order valence-corrected chi connectivity index (χ3v) is 10.1. The molecule has 6 nitrogen and oxygen atoms in total. The second-order valence-electron chi connectivity index (χ2n) is 16.1. The number of esters is 3. The predicted octanol–water partition coefficient (Wildman–Crippen LogP) is 16.5. The van der Waals surface area contributed by atoms with Crippen molar-refractivity contribution in [2.45, 2.75) is 207 Å².